The first-order valence-corrected chi connectivity index (χ1v) is 5.64. The maximum atomic E-state index is 8.31. The molecular formula is C13H13BrClNO2. The van der Waals surface area contributed by atoms with Gasteiger partial charge in [0.05, 0.1) is 17.0 Å². The predicted molar refractivity (Wildman–Crippen MR) is 78.3 cm³/mol. The van der Waals surface area contributed by atoms with Gasteiger partial charge in [-0.3, -0.25) is 0 Å². The summed E-state index contributed by atoms with van der Waals surface area (Å²) in [4.78, 5) is 0. The minimum Gasteiger partial charge on any atom is -0.464 e. The summed E-state index contributed by atoms with van der Waals surface area (Å²) in [6.45, 7) is -3.04. The van der Waals surface area contributed by atoms with E-state index in [1.54, 1.807) is 6.07 Å². The van der Waals surface area contributed by atoms with Gasteiger partial charge >= 0.3 is 0 Å². The van der Waals surface area contributed by atoms with Crippen molar-refractivity contribution in [1.29, 1.82) is 0 Å². The summed E-state index contributed by atoms with van der Waals surface area (Å²) in [7, 11) is 0. The zero-order valence-electron chi connectivity index (χ0n) is 15.0. The Bertz CT molecular complexity index is 849. The molecule has 18 heavy (non-hydrogen) atoms. The predicted octanol–water partition coefficient (Wildman–Crippen LogP) is 4.25. The fourth-order valence-electron chi connectivity index (χ4n) is 1.86. The minimum atomic E-state index is -3.04. The van der Waals surface area contributed by atoms with Crippen molar-refractivity contribution < 1.29 is 17.1 Å². The van der Waals surface area contributed by atoms with E-state index in [-0.39, 0.29) is 23.6 Å². The molecule has 3 aromatic rings. The molecule has 1 aromatic carbocycles. The highest BCUT2D eigenvalue weighted by Crippen LogP contribution is 2.37. The molecule has 0 aliphatic carbocycles. The van der Waals surface area contributed by atoms with Crippen LogP contribution in [0.3, 0.4) is 0 Å². The molecule has 96 valence electrons. The summed E-state index contributed by atoms with van der Waals surface area (Å²) in [6, 6.07) is 0.209. The van der Waals surface area contributed by atoms with E-state index in [1.165, 1.54) is 18.6 Å². The lowest BCUT2D eigenvalue weighted by molar-refractivity contribution is 0.604. The van der Waals surface area contributed by atoms with Crippen molar-refractivity contribution in [1.82, 2.24) is 0 Å². The lowest BCUT2D eigenvalue weighted by atomic mass is 10.0. The highest BCUT2D eigenvalue weighted by molar-refractivity contribution is 9.10. The van der Waals surface area contributed by atoms with E-state index in [2.05, 4.69) is 15.9 Å². The molecule has 0 saturated heterocycles. The SMILES string of the molecule is Cl.[2H]C([2H])([2H])[C@@]([2H])(N)C([2H])([2H])c1c2ccoc2c(Br)c2ccoc12. The zero-order chi connectivity index (χ0) is 17.2. The molecule has 5 heteroatoms. The lowest BCUT2D eigenvalue weighted by Gasteiger charge is -2.08. The minimum absolute atomic E-state index is 0. The van der Waals surface area contributed by atoms with E-state index in [0.29, 0.717) is 20.8 Å². The molecule has 0 fully saturated rings. The average Bonchev–Trinajstić information content (AvgIpc) is 3.05. The molecule has 1 atom stereocenters. The van der Waals surface area contributed by atoms with Crippen molar-refractivity contribution in [3.63, 3.8) is 0 Å². The van der Waals surface area contributed by atoms with Gasteiger partial charge in [0.25, 0.3) is 0 Å². The van der Waals surface area contributed by atoms with E-state index in [9.17, 15) is 0 Å². The van der Waals surface area contributed by atoms with Crippen LogP contribution in [0.15, 0.2) is 38.0 Å². The highest BCUT2D eigenvalue weighted by Gasteiger charge is 2.17. The van der Waals surface area contributed by atoms with Gasteiger partial charge in [-0.15, -0.1) is 12.4 Å². The van der Waals surface area contributed by atoms with E-state index >= 15 is 0 Å². The third kappa shape index (κ3) is 1.94. The molecule has 0 bridgehead atoms. The Balaban J connectivity index is 0.00000208. The molecule has 0 saturated carbocycles. The number of hydrogen-bond donors (Lipinski definition) is 1. The highest BCUT2D eigenvalue weighted by atomic mass is 79.9. The van der Waals surface area contributed by atoms with Crippen LogP contribution in [-0.2, 0) is 6.37 Å². The first-order chi connectivity index (χ1) is 10.5. The summed E-state index contributed by atoms with van der Waals surface area (Å²) >= 11 is 3.37. The maximum absolute atomic E-state index is 8.31. The van der Waals surface area contributed by atoms with Crippen molar-refractivity contribution in [2.45, 2.75) is 19.2 Å². The zero-order valence-corrected chi connectivity index (χ0v) is 11.4. The first-order valence-electron chi connectivity index (χ1n) is 7.85. The molecule has 0 amide bonds. The van der Waals surface area contributed by atoms with E-state index < -0.39 is 19.2 Å². The number of furan rings is 2. The third-order valence-corrected chi connectivity index (χ3v) is 3.31. The molecule has 0 aliphatic heterocycles. The molecule has 2 aromatic heterocycles. The van der Waals surface area contributed by atoms with Crippen molar-refractivity contribution in [2.75, 3.05) is 0 Å². The Morgan fingerprint density at radius 3 is 2.78 bits per heavy atom. The van der Waals surface area contributed by atoms with Gasteiger partial charge in [-0.25, -0.2) is 0 Å². The molecule has 2 N–H and O–H groups in total. The van der Waals surface area contributed by atoms with Crippen LogP contribution in [0.1, 0.15) is 20.6 Å². The van der Waals surface area contributed by atoms with E-state index in [0.717, 1.165) is 0 Å². The number of halogens is 2. The number of nitrogens with two attached hydrogens (primary N) is 1. The Morgan fingerprint density at radius 2 is 2.06 bits per heavy atom. The fraction of sp³-hybridized carbons (Fsp3) is 0.231. The van der Waals surface area contributed by atoms with Gasteiger partial charge in [0, 0.05) is 30.6 Å². The summed E-state index contributed by atoms with van der Waals surface area (Å²) in [5.41, 5.74) is 5.95. The molecule has 3 nitrogen and oxygen atoms in total. The fourth-order valence-corrected chi connectivity index (χ4v) is 2.47. The van der Waals surface area contributed by atoms with E-state index in [1.807, 2.05) is 0 Å². The molecule has 3 rings (SSSR count). The summed E-state index contributed by atoms with van der Waals surface area (Å²) in [5, 5.41) is 0.809. The molecule has 0 aliphatic rings. The molecule has 2 heterocycles. The summed E-state index contributed by atoms with van der Waals surface area (Å²) in [6.07, 6.45) is -0.0199. The normalized spacial score (nSPS) is 21.0. The Morgan fingerprint density at radius 1 is 1.39 bits per heavy atom. The quantitative estimate of drug-likeness (QED) is 0.761. The number of rotatable bonds is 2. The van der Waals surface area contributed by atoms with E-state index in [4.69, 9.17) is 22.8 Å². The van der Waals surface area contributed by atoms with Crippen molar-refractivity contribution in [3.05, 3.63) is 34.7 Å². The summed E-state index contributed by atoms with van der Waals surface area (Å²) in [5.74, 6) is 0. The van der Waals surface area contributed by atoms with Crippen molar-refractivity contribution >= 4 is 50.3 Å². The van der Waals surface area contributed by atoms with Crippen LogP contribution in [0.2, 0.25) is 0 Å². The van der Waals surface area contributed by atoms with Gasteiger partial charge in [0.2, 0.25) is 0 Å². The monoisotopic (exact) mass is 335 g/mol. The van der Waals surface area contributed by atoms with Gasteiger partial charge in [-0.2, -0.15) is 0 Å². The number of hydrogen-bond acceptors (Lipinski definition) is 3. The van der Waals surface area contributed by atoms with Crippen LogP contribution in [0.4, 0.5) is 0 Å². The summed E-state index contributed by atoms with van der Waals surface area (Å²) < 4.78 is 58.2. The second-order valence-corrected chi connectivity index (χ2v) is 4.35. The van der Waals surface area contributed by atoms with Gasteiger partial charge in [-0.05, 0) is 41.3 Å². The van der Waals surface area contributed by atoms with Crippen molar-refractivity contribution in [2.24, 2.45) is 5.73 Å². The number of fused-ring (bicyclic) bond motifs is 2. The third-order valence-electron chi connectivity index (χ3n) is 2.52. The van der Waals surface area contributed by atoms with Crippen LogP contribution in [0.25, 0.3) is 21.9 Å². The Kier molecular flexibility index (Phi) is 2.09. The topological polar surface area (TPSA) is 52.3 Å². The Hall–Kier alpha value is -0.970. The molecular weight excluding hydrogens is 318 g/mol. The Labute approximate surface area is 127 Å². The average molecular weight is 337 g/mol. The maximum Gasteiger partial charge on any atom is 0.149 e. The first kappa shape index (κ1) is 7.58. The smallest absolute Gasteiger partial charge is 0.149 e. The lowest BCUT2D eigenvalue weighted by Crippen LogP contribution is -2.18. The van der Waals surface area contributed by atoms with Gasteiger partial charge in [-0.1, -0.05) is 0 Å². The molecule has 0 spiro atoms. The second kappa shape index (κ2) is 4.96. The van der Waals surface area contributed by atoms with Gasteiger partial charge in [0.15, 0.2) is 0 Å². The standard InChI is InChI=1S/C13H12BrNO2.ClH/c1-7(15)6-10-8-2-4-17-13(8)11(14)9-3-5-16-12(9)10;/h2-5,7H,6,15H2,1H3;1H/t7-;/m1./s1/i1D3,6D2,7D;. The largest absolute Gasteiger partial charge is 0.464 e. The van der Waals surface area contributed by atoms with Crippen LogP contribution in [-0.4, -0.2) is 6.02 Å². The van der Waals surface area contributed by atoms with Crippen LogP contribution in [0.5, 0.6) is 0 Å². The van der Waals surface area contributed by atoms with Crippen LogP contribution < -0.4 is 5.73 Å². The van der Waals surface area contributed by atoms with Crippen LogP contribution >= 0.6 is 28.3 Å². The second-order valence-electron chi connectivity index (χ2n) is 3.55. The molecule has 0 radical (unpaired) electrons. The molecule has 0 unspecified atom stereocenters. The van der Waals surface area contributed by atoms with Gasteiger partial charge in [0.1, 0.15) is 11.2 Å². The number of benzene rings is 1. The van der Waals surface area contributed by atoms with Crippen molar-refractivity contribution in [3.8, 4) is 0 Å². The van der Waals surface area contributed by atoms with Crippen LogP contribution in [0, 0.1) is 0 Å². The van der Waals surface area contributed by atoms with Gasteiger partial charge < -0.3 is 14.6 Å².